The third kappa shape index (κ3) is 3.72. The van der Waals surface area contributed by atoms with Gasteiger partial charge < -0.3 is 19.5 Å². The van der Waals surface area contributed by atoms with Crippen LogP contribution < -0.4 is 4.74 Å². The maximum Gasteiger partial charge on any atom is 0.125 e. The highest BCUT2D eigenvalue weighted by Gasteiger charge is 2.33. The number of rotatable bonds is 5. The average Bonchev–Trinajstić information content (AvgIpc) is 2.62. The summed E-state index contributed by atoms with van der Waals surface area (Å²) >= 11 is 0. The summed E-state index contributed by atoms with van der Waals surface area (Å²) in [5.74, 6) is 0.775. The molecule has 1 atom stereocenters. The molecule has 0 spiro atoms. The lowest BCUT2D eigenvalue weighted by Gasteiger charge is -2.29. The molecular formula is C16H25NO3. The van der Waals surface area contributed by atoms with E-state index in [0.717, 1.165) is 43.7 Å². The molecule has 0 aliphatic carbocycles. The zero-order valence-electron chi connectivity index (χ0n) is 12.5. The monoisotopic (exact) mass is 279 g/mol. The molecule has 1 unspecified atom stereocenters. The molecule has 1 fully saturated rings. The van der Waals surface area contributed by atoms with Crippen molar-refractivity contribution in [2.24, 2.45) is 0 Å². The van der Waals surface area contributed by atoms with Crippen LogP contribution in [0.4, 0.5) is 0 Å². The number of hydrogen-bond donors (Lipinski definition) is 1. The molecule has 1 aromatic rings. The maximum atomic E-state index is 11.0. The van der Waals surface area contributed by atoms with Gasteiger partial charge in [0, 0.05) is 19.2 Å². The van der Waals surface area contributed by atoms with Gasteiger partial charge in [0.2, 0.25) is 0 Å². The molecule has 1 N–H and O–H groups in total. The van der Waals surface area contributed by atoms with Gasteiger partial charge in [0.05, 0.1) is 12.2 Å². The van der Waals surface area contributed by atoms with E-state index in [4.69, 9.17) is 9.47 Å². The number of likely N-dealkylation sites (tertiary alicyclic amines) is 1. The Kier molecular flexibility index (Phi) is 5.40. The van der Waals surface area contributed by atoms with Crippen molar-refractivity contribution in [3.8, 4) is 5.75 Å². The van der Waals surface area contributed by atoms with Crippen molar-refractivity contribution in [3.05, 3.63) is 29.8 Å². The van der Waals surface area contributed by atoms with Gasteiger partial charge in [-0.25, -0.2) is 0 Å². The van der Waals surface area contributed by atoms with Gasteiger partial charge in [0.1, 0.15) is 12.4 Å². The van der Waals surface area contributed by atoms with E-state index in [-0.39, 0.29) is 0 Å². The predicted octanol–water partition coefficient (Wildman–Crippen LogP) is 2.02. The van der Waals surface area contributed by atoms with Crippen molar-refractivity contribution in [2.45, 2.75) is 24.9 Å². The Balaban J connectivity index is 2.17. The molecule has 2 rings (SSSR count). The first kappa shape index (κ1) is 15.3. The van der Waals surface area contributed by atoms with E-state index in [1.807, 2.05) is 24.3 Å². The molecule has 1 aromatic carbocycles. The number of para-hydroxylation sites is 1. The first-order valence-electron chi connectivity index (χ1n) is 7.28. The normalized spacial score (nSPS) is 24.4. The molecule has 0 aromatic heterocycles. The van der Waals surface area contributed by atoms with Crippen molar-refractivity contribution in [3.63, 3.8) is 0 Å². The summed E-state index contributed by atoms with van der Waals surface area (Å²) < 4.78 is 10.8. The van der Waals surface area contributed by atoms with E-state index in [0.29, 0.717) is 13.2 Å². The number of benzene rings is 1. The SMILES string of the molecule is COCCOc1ccccc1C1(O)CCCN(C)CC1. The molecule has 1 aliphatic heterocycles. The topological polar surface area (TPSA) is 41.9 Å². The van der Waals surface area contributed by atoms with Crippen LogP contribution in [0.15, 0.2) is 24.3 Å². The van der Waals surface area contributed by atoms with Crippen molar-refractivity contribution >= 4 is 0 Å². The van der Waals surface area contributed by atoms with Gasteiger partial charge in [-0.3, -0.25) is 0 Å². The van der Waals surface area contributed by atoms with Crippen LogP contribution in [0.5, 0.6) is 5.75 Å². The first-order valence-corrected chi connectivity index (χ1v) is 7.28. The summed E-state index contributed by atoms with van der Waals surface area (Å²) in [6, 6.07) is 7.81. The smallest absolute Gasteiger partial charge is 0.125 e. The van der Waals surface area contributed by atoms with E-state index in [9.17, 15) is 5.11 Å². The minimum atomic E-state index is -0.783. The van der Waals surface area contributed by atoms with Crippen LogP contribution in [0.25, 0.3) is 0 Å². The number of methoxy groups -OCH3 is 1. The van der Waals surface area contributed by atoms with Crippen LogP contribution in [0.1, 0.15) is 24.8 Å². The quantitative estimate of drug-likeness (QED) is 0.837. The summed E-state index contributed by atoms with van der Waals surface area (Å²) in [5.41, 5.74) is 0.125. The largest absolute Gasteiger partial charge is 0.491 e. The van der Waals surface area contributed by atoms with Gasteiger partial charge in [0.15, 0.2) is 0 Å². The van der Waals surface area contributed by atoms with Gasteiger partial charge in [0.25, 0.3) is 0 Å². The standard InChI is InChI=1S/C16H25NO3/c1-17-10-5-8-16(18,9-11-17)14-6-3-4-7-15(14)20-13-12-19-2/h3-4,6-7,18H,5,8-13H2,1-2H3. The molecule has 0 radical (unpaired) electrons. The summed E-state index contributed by atoms with van der Waals surface area (Å²) in [7, 11) is 3.76. The van der Waals surface area contributed by atoms with Crippen LogP contribution in [0, 0.1) is 0 Å². The molecule has 20 heavy (non-hydrogen) atoms. The lowest BCUT2D eigenvalue weighted by atomic mass is 9.86. The molecule has 112 valence electrons. The predicted molar refractivity (Wildman–Crippen MR) is 79.1 cm³/mol. The van der Waals surface area contributed by atoms with Crippen LogP contribution in [-0.2, 0) is 10.3 Å². The van der Waals surface area contributed by atoms with Crippen molar-refractivity contribution in [2.75, 3.05) is 40.5 Å². The zero-order chi connectivity index (χ0) is 14.4. The average molecular weight is 279 g/mol. The highest BCUT2D eigenvalue weighted by molar-refractivity contribution is 5.38. The molecule has 4 heteroatoms. The Labute approximate surface area is 121 Å². The van der Waals surface area contributed by atoms with Gasteiger partial charge in [-0.05, 0) is 38.9 Å². The van der Waals surface area contributed by atoms with E-state index >= 15 is 0 Å². The lowest BCUT2D eigenvalue weighted by molar-refractivity contribution is 0.0184. The van der Waals surface area contributed by atoms with Crippen molar-refractivity contribution in [1.29, 1.82) is 0 Å². The molecule has 0 saturated carbocycles. The molecule has 0 amide bonds. The number of hydrogen-bond acceptors (Lipinski definition) is 4. The van der Waals surface area contributed by atoms with Crippen LogP contribution >= 0.6 is 0 Å². The third-order valence-corrected chi connectivity index (χ3v) is 3.97. The Morgan fingerprint density at radius 3 is 2.80 bits per heavy atom. The Morgan fingerprint density at radius 2 is 2.00 bits per heavy atom. The van der Waals surface area contributed by atoms with Gasteiger partial charge >= 0.3 is 0 Å². The minimum Gasteiger partial charge on any atom is -0.491 e. The second-order valence-corrected chi connectivity index (χ2v) is 5.53. The van der Waals surface area contributed by atoms with Crippen LogP contribution in [0.3, 0.4) is 0 Å². The molecule has 4 nitrogen and oxygen atoms in total. The highest BCUT2D eigenvalue weighted by Crippen LogP contribution is 2.37. The van der Waals surface area contributed by atoms with Crippen LogP contribution in [0.2, 0.25) is 0 Å². The highest BCUT2D eigenvalue weighted by atomic mass is 16.5. The second-order valence-electron chi connectivity index (χ2n) is 5.53. The Bertz CT molecular complexity index is 424. The third-order valence-electron chi connectivity index (χ3n) is 3.97. The van der Waals surface area contributed by atoms with Gasteiger partial charge in [-0.15, -0.1) is 0 Å². The van der Waals surface area contributed by atoms with E-state index in [1.165, 1.54) is 0 Å². The van der Waals surface area contributed by atoms with E-state index < -0.39 is 5.60 Å². The van der Waals surface area contributed by atoms with E-state index in [1.54, 1.807) is 7.11 Å². The summed E-state index contributed by atoms with van der Waals surface area (Å²) in [6.45, 7) is 3.00. The van der Waals surface area contributed by atoms with Crippen molar-refractivity contribution < 1.29 is 14.6 Å². The minimum absolute atomic E-state index is 0.503. The van der Waals surface area contributed by atoms with Gasteiger partial charge in [-0.2, -0.15) is 0 Å². The Hall–Kier alpha value is -1.10. The zero-order valence-corrected chi connectivity index (χ0v) is 12.5. The number of nitrogens with zero attached hydrogens (tertiary/aromatic N) is 1. The fraction of sp³-hybridized carbons (Fsp3) is 0.625. The second kappa shape index (κ2) is 7.07. The lowest BCUT2D eigenvalue weighted by Crippen LogP contribution is -2.28. The number of aliphatic hydroxyl groups is 1. The maximum absolute atomic E-state index is 11.0. The summed E-state index contributed by atoms with van der Waals surface area (Å²) in [4.78, 5) is 2.27. The van der Waals surface area contributed by atoms with Crippen LogP contribution in [-0.4, -0.2) is 50.5 Å². The summed E-state index contributed by atoms with van der Waals surface area (Å²) in [5, 5.41) is 11.0. The molecule has 1 heterocycles. The fourth-order valence-electron chi connectivity index (χ4n) is 2.74. The number of ether oxygens (including phenoxy) is 2. The van der Waals surface area contributed by atoms with E-state index in [2.05, 4.69) is 11.9 Å². The van der Waals surface area contributed by atoms with Crippen molar-refractivity contribution in [1.82, 2.24) is 4.90 Å². The molecule has 0 bridgehead atoms. The molecular weight excluding hydrogens is 254 g/mol. The summed E-state index contributed by atoms with van der Waals surface area (Å²) in [6.07, 6.45) is 2.52. The first-order chi connectivity index (χ1) is 9.65. The molecule has 1 aliphatic rings. The fourth-order valence-corrected chi connectivity index (χ4v) is 2.74. The van der Waals surface area contributed by atoms with Gasteiger partial charge in [-0.1, -0.05) is 18.2 Å². The molecule has 1 saturated heterocycles. The Morgan fingerprint density at radius 1 is 1.20 bits per heavy atom.